The second kappa shape index (κ2) is 14.9. The van der Waals surface area contributed by atoms with E-state index in [1.165, 1.54) is 6.42 Å². The first-order valence-corrected chi connectivity index (χ1v) is 7.83. The van der Waals surface area contributed by atoms with Crippen LogP contribution in [0, 0.1) is 6.42 Å². The van der Waals surface area contributed by atoms with Crippen molar-refractivity contribution in [2.45, 2.75) is 90.1 Å². The summed E-state index contributed by atoms with van der Waals surface area (Å²) in [6.07, 6.45) is 13.7. The summed E-state index contributed by atoms with van der Waals surface area (Å²) in [4.78, 5) is 0. The fourth-order valence-electron chi connectivity index (χ4n) is 2.12. The van der Waals surface area contributed by atoms with Crippen LogP contribution in [0.3, 0.4) is 0 Å². The molecule has 0 aromatic rings. The average molecular weight is 261 g/mol. The van der Waals surface area contributed by atoms with Gasteiger partial charge in [0.25, 0.3) is 0 Å². The van der Waals surface area contributed by atoms with Crippen molar-refractivity contribution in [2.24, 2.45) is 0 Å². The molecule has 109 valence electrons. The monoisotopic (exact) mass is 261 g/mol. The fraction of sp³-hybridized carbons (Fsp3) is 0.938. The van der Waals surface area contributed by atoms with Crippen molar-refractivity contribution >= 4 is 0 Å². The first-order chi connectivity index (χ1) is 8.81. The van der Waals surface area contributed by atoms with Gasteiger partial charge in [0.05, 0.1) is 6.67 Å². The summed E-state index contributed by atoms with van der Waals surface area (Å²) in [7, 11) is 0. The highest BCUT2D eigenvalue weighted by Crippen LogP contribution is 2.15. The van der Waals surface area contributed by atoms with E-state index in [2.05, 4.69) is 13.3 Å². The van der Waals surface area contributed by atoms with E-state index in [4.69, 9.17) is 0 Å². The van der Waals surface area contributed by atoms with Crippen LogP contribution in [0.4, 0.5) is 8.78 Å². The lowest BCUT2D eigenvalue weighted by Crippen LogP contribution is -1.99. The van der Waals surface area contributed by atoms with Gasteiger partial charge in [-0.3, -0.25) is 4.39 Å². The molecule has 0 rings (SSSR count). The molecule has 1 unspecified atom stereocenters. The molecule has 0 aromatic carbocycles. The number of alkyl halides is 2. The van der Waals surface area contributed by atoms with E-state index in [0.29, 0.717) is 6.42 Å². The van der Waals surface area contributed by atoms with Crippen molar-refractivity contribution in [1.82, 2.24) is 0 Å². The van der Waals surface area contributed by atoms with Gasteiger partial charge in [-0.25, -0.2) is 4.39 Å². The SMILES string of the molecule is CCCCCC(F)CCCC[CH]CCCCCF. The highest BCUT2D eigenvalue weighted by molar-refractivity contribution is 4.65. The predicted molar refractivity (Wildman–Crippen MR) is 76.2 cm³/mol. The Bertz CT molecular complexity index is 148. The molecule has 0 aliphatic carbocycles. The molecule has 0 N–H and O–H groups in total. The van der Waals surface area contributed by atoms with Crippen molar-refractivity contribution in [3.8, 4) is 0 Å². The summed E-state index contributed by atoms with van der Waals surface area (Å²) in [5.74, 6) is 0. The zero-order valence-electron chi connectivity index (χ0n) is 12.1. The molecule has 0 saturated heterocycles. The molecular weight excluding hydrogens is 230 g/mol. The van der Waals surface area contributed by atoms with Gasteiger partial charge >= 0.3 is 0 Å². The van der Waals surface area contributed by atoms with Gasteiger partial charge in [0.15, 0.2) is 0 Å². The Morgan fingerprint density at radius 1 is 0.833 bits per heavy atom. The summed E-state index contributed by atoms with van der Waals surface area (Å²) in [5, 5.41) is 0. The first kappa shape index (κ1) is 17.9. The van der Waals surface area contributed by atoms with Crippen LogP contribution >= 0.6 is 0 Å². The number of halogens is 2. The van der Waals surface area contributed by atoms with Gasteiger partial charge in [-0.1, -0.05) is 64.7 Å². The Hall–Kier alpha value is -0.140. The number of rotatable bonds is 14. The van der Waals surface area contributed by atoms with Crippen LogP contribution in [-0.4, -0.2) is 12.8 Å². The van der Waals surface area contributed by atoms with Crippen molar-refractivity contribution in [3.63, 3.8) is 0 Å². The minimum absolute atomic E-state index is 0.185. The maximum atomic E-state index is 13.4. The molecule has 0 nitrogen and oxygen atoms in total. The molecule has 0 bridgehead atoms. The molecule has 0 spiro atoms. The smallest absolute Gasteiger partial charge is 0.100 e. The van der Waals surface area contributed by atoms with E-state index in [1.54, 1.807) is 0 Å². The maximum absolute atomic E-state index is 13.4. The first-order valence-electron chi connectivity index (χ1n) is 7.83. The van der Waals surface area contributed by atoms with Gasteiger partial charge in [0.2, 0.25) is 0 Å². The van der Waals surface area contributed by atoms with E-state index in [-0.39, 0.29) is 6.67 Å². The summed E-state index contributed by atoms with van der Waals surface area (Å²) in [6.45, 7) is 1.96. The van der Waals surface area contributed by atoms with Gasteiger partial charge in [-0.05, 0) is 25.7 Å². The molecule has 2 heteroatoms. The van der Waals surface area contributed by atoms with Crippen LogP contribution in [0.2, 0.25) is 0 Å². The summed E-state index contributed by atoms with van der Waals surface area (Å²) in [5.41, 5.74) is 0. The molecule has 0 aromatic heterocycles. The molecular formula is C16H31F2. The molecule has 18 heavy (non-hydrogen) atoms. The third-order valence-corrected chi connectivity index (χ3v) is 3.34. The third kappa shape index (κ3) is 13.9. The Morgan fingerprint density at radius 2 is 1.44 bits per heavy atom. The molecule has 0 aliphatic rings. The Balaban J connectivity index is 3.05. The quantitative estimate of drug-likeness (QED) is 0.327. The largest absolute Gasteiger partial charge is 0.251 e. The Labute approximate surface area is 113 Å². The van der Waals surface area contributed by atoms with E-state index in [9.17, 15) is 8.78 Å². The van der Waals surface area contributed by atoms with Crippen molar-refractivity contribution < 1.29 is 8.78 Å². The van der Waals surface area contributed by atoms with E-state index < -0.39 is 6.17 Å². The summed E-state index contributed by atoms with van der Waals surface area (Å²) in [6, 6.07) is 0. The van der Waals surface area contributed by atoms with Crippen LogP contribution in [0.1, 0.15) is 84.0 Å². The average Bonchev–Trinajstić information content (AvgIpc) is 2.37. The van der Waals surface area contributed by atoms with Crippen molar-refractivity contribution in [3.05, 3.63) is 6.42 Å². The lowest BCUT2D eigenvalue weighted by Gasteiger charge is -2.07. The molecule has 0 heterocycles. The van der Waals surface area contributed by atoms with Gasteiger partial charge < -0.3 is 0 Å². The zero-order valence-corrected chi connectivity index (χ0v) is 12.1. The Kier molecular flexibility index (Phi) is 14.8. The molecule has 0 aliphatic heterocycles. The van der Waals surface area contributed by atoms with Gasteiger partial charge in [0, 0.05) is 0 Å². The lowest BCUT2D eigenvalue weighted by molar-refractivity contribution is 0.280. The minimum atomic E-state index is -0.582. The summed E-state index contributed by atoms with van der Waals surface area (Å²) < 4.78 is 25.2. The molecule has 0 fully saturated rings. The number of unbranched alkanes of at least 4 members (excludes halogenated alkanes) is 9. The highest BCUT2D eigenvalue weighted by atomic mass is 19.1. The number of hydrogen-bond donors (Lipinski definition) is 0. The Morgan fingerprint density at radius 3 is 2.06 bits per heavy atom. The maximum Gasteiger partial charge on any atom is 0.100 e. The molecule has 0 amide bonds. The highest BCUT2D eigenvalue weighted by Gasteiger charge is 2.05. The number of hydrogen-bond acceptors (Lipinski definition) is 0. The van der Waals surface area contributed by atoms with Crippen LogP contribution in [-0.2, 0) is 0 Å². The van der Waals surface area contributed by atoms with Crippen LogP contribution in [0.25, 0.3) is 0 Å². The predicted octanol–water partition coefficient (Wildman–Crippen LogP) is 6.20. The molecule has 1 atom stereocenters. The van der Waals surface area contributed by atoms with Gasteiger partial charge in [0.1, 0.15) is 6.17 Å². The van der Waals surface area contributed by atoms with Crippen molar-refractivity contribution in [2.75, 3.05) is 6.67 Å². The normalized spacial score (nSPS) is 12.8. The van der Waals surface area contributed by atoms with Crippen LogP contribution in [0.15, 0.2) is 0 Å². The van der Waals surface area contributed by atoms with E-state index in [1.807, 2.05) is 0 Å². The standard InChI is InChI=1S/C16H31F2/c1-2-3-10-13-16(18)14-11-8-6-4-5-7-9-12-15-17/h4,16H,2-3,5-15H2,1H3. The molecule has 0 saturated carbocycles. The second-order valence-electron chi connectivity index (χ2n) is 5.20. The van der Waals surface area contributed by atoms with E-state index in [0.717, 1.165) is 64.2 Å². The molecule has 1 radical (unpaired) electrons. The van der Waals surface area contributed by atoms with E-state index >= 15 is 0 Å². The topological polar surface area (TPSA) is 0 Å². The van der Waals surface area contributed by atoms with Crippen molar-refractivity contribution in [1.29, 1.82) is 0 Å². The minimum Gasteiger partial charge on any atom is -0.251 e. The summed E-state index contributed by atoms with van der Waals surface area (Å²) >= 11 is 0. The lowest BCUT2D eigenvalue weighted by atomic mass is 10.0. The third-order valence-electron chi connectivity index (χ3n) is 3.34. The van der Waals surface area contributed by atoms with Crippen LogP contribution in [0.5, 0.6) is 0 Å². The zero-order chi connectivity index (χ0) is 13.5. The fourth-order valence-corrected chi connectivity index (χ4v) is 2.12. The van der Waals surface area contributed by atoms with Crippen LogP contribution < -0.4 is 0 Å². The second-order valence-corrected chi connectivity index (χ2v) is 5.20. The van der Waals surface area contributed by atoms with Gasteiger partial charge in [-0.2, -0.15) is 0 Å². The van der Waals surface area contributed by atoms with Gasteiger partial charge in [-0.15, -0.1) is 0 Å².